The molecule has 2 rings (SSSR count). The molecular formula is C20H28N2O3. The molecule has 136 valence electrons. The van der Waals surface area contributed by atoms with Gasteiger partial charge in [-0.15, -0.1) is 0 Å². The van der Waals surface area contributed by atoms with Crippen molar-refractivity contribution in [3.63, 3.8) is 0 Å². The maximum atomic E-state index is 12.8. The molecule has 0 radical (unpaired) electrons. The van der Waals surface area contributed by atoms with Crippen LogP contribution in [0.15, 0.2) is 18.2 Å². The predicted octanol–water partition coefficient (Wildman–Crippen LogP) is 4.03. The molecule has 1 aromatic rings. The standard InChI is InChI=1S/C20H28N2O3/c1-3-5-6-7-8-13-21-17-12-9-11-16-18(17)20(25)22(19(16)24)15(14-23)10-4-2/h9,11-12,14-15,21H,3-8,10,13H2,1-2H3. The number of carbonyl (C=O) groups is 3. The molecular weight excluding hydrogens is 316 g/mol. The number of rotatable bonds is 11. The monoisotopic (exact) mass is 344 g/mol. The largest absolute Gasteiger partial charge is 0.384 e. The summed E-state index contributed by atoms with van der Waals surface area (Å²) in [5.41, 5.74) is 1.49. The lowest BCUT2D eigenvalue weighted by Gasteiger charge is -2.20. The minimum atomic E-state index is -0.681. The molecule has 0 aliphatic carbocycles. The van der Waals surface area contributed by atoms with E-state index >= 15 is 0 Å². The zero-order valence-electron chi connectivity index (χ0n) is 15.2. The summed E-state index contributed by atoms with van der Waals surface area (Å²) in [5.74, 6) is -0.725. The summed E-state index contributed by atoms with van der Waals surface area (Å²) in [6.07, 6.45) is 7.78. The lowest BCUT2D eigenvalue weighted by Crippen LogP contribution is -2.40. The second-order valence-electron chi connectivity index (χ2n) is 6.54. The Kier molecular flexibility index (Phi) is 7.16. The number of nitrogens with one attached hydrogen (secondary N) is 1. The third kappa shape index (κ3) is 4.27. The second kappa shape index (κ2) is 9.35. The highest BCUT2D eigenvalue weighted by molar-refractivity contribution is 6.24. The molecule has 1 aliphatic heterocycles. The van der Waals surface area contributed by atoms with Crippen molar-refractivity contribution in [2.24, 2.45) is 0 Å². The van der Waals surface area contributed by atoms with Crippen LogP contribution in [0.2, 0.25) is 0 Å². The summed E-state index contributed by atoms with van der Waals surface area (Å²) < 4.78 is 0. The molecule has 1 unspecified atom stereocenters. The van der Waals surface area contributed by atoms with E-state index in [1.807, 2.05) is 13.0 Å². The van der Waals surface area contributed by atoms with Gasteiger partial charge in [0.15, 0.2) is 0 Å². The fourth-order valence-electron chi connectivity index (χ4n) is 3.26. The zero-order chi connectivity index (χ0) is 18.2. The van der Waals surface area contributed by atoms with E-state index in [-0.39, 0.29) is 11.8 Å². The molecule has 0 saturated carbocycles. The van der Waals surface area contributed by atoms with Gasteiger partial charge in [-0.05, 0) is 25.0 Å². The molecule has 5 nitrogen and oxygen atoms in total. The molecule has 0 bridgehead atoms. The minimum absolute atomic E-state index is 0.361. The summed E-state index contributed by atoms with van der Waals surface area (Å²) in [5, 5.41) is 3.29. The number of anilines is 1. The van der Waals surface area contributed by atoms with Crippen LogP contribution in [0.25, 0.3) is 0 Å². The van der Waals surface area contributed by atoms with Gasteiger partial charge in [-0.25, -0.2) is 0 Å². The van der Waals surface area contributed by atoms with Crippen LogP contribution in [0, 0.1) is 0 Å². The maximum absolute atomic E-state index is 12.8. The number of imide groups is 1. The predicted molar refractivity (Wildman–Crippen MR) is 99.0 cm³/mol. The number of unbranched alkanes of at least 4 members (excludes halogenated alkanes) is 4. The fourth-order valence-corrected chi connectivity index (χ4v) is 3.26. The number of nitrogens with zero attached hydrogens (tertiary/aromatic N) is 1. The molecule has 1 aromatic carbocycles. The topological polar surface area (TPSA) is 66.5 Å². The molecule has 1 atom stereocenters. The molecule has 0 fully saturated rings. The third-order valence-electron chi connectivity index (χ3n) is 4.62. The lowest BCUT2D eigenvalue weighted by molar-refractivity contribution is -0.111. The van der Waals surface area contributed by atoms with E-state index in [0.29, 0.717) is 29.5 Å². The van der Waals surface area contributed by atoms with Crippen LogP contribution in [0.4, 0.5) is 5.69 Å². The van der Waals surface area contributed by atoms with Gasteiger partial charge in [0.2, 0.25) is 0 Å². The summed E-state index contributed by atoms with van der Waals surface area (Å²) in [6, 6.07) is 4.59. The minimum Gasteiger partial charge on any atom is -0.384 e. The van der Waals surface area contributed by atoms with Crippen molar-refractivity contribution >= 4 is 23.8 Å². The number of carbonyl (C=O) groups excluding carboxylic acids is 3. The van der Waals surface area contributed by atoms with Crippen molar-refractivity contribution in [3.8, 4) is 0 Å². The highest BCUT2D eigenvalue weighted by Crippen LogP contribution is 2.31. The average Bonchev–Trinajstić information content (AvgIpc) is 2.88. The quantitative estimate of drug-likeness (QED) is 0.374. The van der Waals surface area contributed by atoms with Crippen molar-refractivity contribution in [1.82, 2.24) is 4.90 Å². The first-order valence-corrected chi connectivity index (χ1v) is 9.35. The maximum Gasteiger partial charge on any atom is 0.264 e. The highest BCUT2D eigenvalue weighted by Gasteiger charge is 2.41. The Morgan fingerprint density at radius 3 is 2.48 bits per heavy atom. The van der Waals surface area contributed by atoms with Gasteiger partial charge in [0.1, 0.15) is 6.29 Å². The van der Waals surface area contributed by atoms with E-state index in [1.54, 1.807) is 12.1 Å². The van der Waals surface area contributed by atoms with Gasteiger partial charge in [0, 0.05) is 12.2 Å². The van der Waals surface area contributed by atoms with Crippen molar-refractivity contribution in [1.29, 1.82) is 0 Å². The van der Waals surface area contributed by atoms with Gasteiger partial charge in [-0.1, -0.05) is 52.0 Å². The molecule has 0 spiro atoms. The Balaban J connectivity index is 2.10. The molecule has 1 aliphatic rings. The first-order chi connectivity index (χ1) is 12.2. The Labute approximate surface area is 149 Å². The number of aldehydes is 1. The number of fused-ring (bicyclic) bond motifs is 1. The normalized spacial score (nSPS) is 14.6. The first-order valence-electron chi connectivity index (χ1n) is 9.35. The van der Waals surface area contributed by atoms with Gasteiger partial charge >= 0.3 is 0 Å². The van der Waals surface area contributed by atoms with Crippen LogP contribution >= 0.6 is 0 Å². The van der Waals surface area contributed by atoms with Crippen LogP contribution in [0.3, 0.4) is 0 Å². The second-order valence-corrected chi connectivity index (χ2v) is 6.54. The number of hydrogen-bond donors (Lipinski definition) is 1. The molecule has 1 N–H and O–H groups in total. The van der Waals surface area contributed by atoms with Crippen LogP contribution in [-0.2, 0) is 4.79 Å². The van der Waals surface area contributed by atoms with Crippen molar-refractivity contribution in [2.45, 2.75) is 64.8 Å². The molecule has 2 amide bonds. The van der Waals surface area contributed by atoms with E-state index in [1.165, 1.54) is 19.3 Å². The van der Waals surface area contributed by atoms with Gasteiger partial charge in [0.25, 0.3) is 11.8 Å². The van der Waals surface area contributed by atoms with Gasteiger partial charge in [-0.2, -0.15) is 0 Å². The van der Waals surface area contributed by atoms with Gasteiger partial charge in [-0.3, -0.25) is 14.5 Å². The highest BCUT2D eigenvalue weighted by atomic mass is 16.2. The number of amides is 2. The molecule has 25 heavy (non-hydrogen) atoms. The lowest BCUT2D eigenvalue weighted by atomic mass is 10.1. The summed E-state index contributed by atoms with van der Waals surface area (Å²) in [6.45, 7) is 4.89. The molecule has 1 heterocycles. The molecule has 0 saturated heterocycles. The Hall–Kier alpha value is -2.17. The van der Waals surface area contributed by atoms with Crippen molar-refractivity contribution < 1.29 is 14.4 Å². The Morgan fingerprint density at radius 2 is 1.80 bits per heavy atom. The summed E-state index contributed by atoms with van der Waals surface area (Å²) in [4.78, 5) is 37.8. The van der Waals surface area contributed by atoms with E-state index in [4.69, 9.17) is 0 Å². The SMILES string of the molecule is CCCCCCCNc1cccc2c1C(=O)N(C(C=O)CCC)C2=O. The molecule has 0 aromatic heterocycles. The van der Waals surface area contributed by atoms with Crippen LogP contribution < -0.4 is 5.32 Å². The van der Waals surface area contributed by atoms with Crippen molar-refractivity contribution in [2.75, 3.05) is 11.9 Å². The Morgan fingerprint density at radius 1 is 1.04 bits per heavy atom. The summed E-state index contributed by atoms with van der Waals surface area (Å²) in [7, 11) is 0. The van der Waals surface area contributed by atoms with Crippen LogP contribution in [0.5, 0.6) is 0 Å². The van der Waals surface area contributed by atoms with Gasteiger partial charge in [0.05, 0.1) is 17.2 Å². The number of benzene rings is 1. The van der Waals surface area contributed by atoms with Crippen molar-refractivity contribution in [3.05, 3.63) is 29.3 Å². The number of hydrogen-bond acceptors (Lipinski definition) is 4. The average molecular weight is 344 g/mol. The molecule has 5 heteroatoms. The fraction of sp³-hybridized carbons (Fsp3) is 0.550. The smallest absolute Gasteiger partial charge is 0.264 e. The van der Waals surface area contributed by atoms with E-state index in [9.17, 15) is 14.4 Å². The third-order valence-corrected chi connectivity index (χ3v) is 4.62. The zero-order valence-corrected chi connectivity index (χ0v) is 15.2. The van der Waals surface area contributed by atoms with Crippen LogP contribution in [-0.4, -0.2) is 35.6 Å². The van der Waals surface area contributed by atoms with Gasteiger partial charge < -0.3 is 10.1 Å². The van der Waals surface area contributed by atoms with Crippen LogP contribution in [0.1, 0.15) is 79.5 Å². The first kappa shape index (κ1) is 19.2. The summed E-state index contributed by atoms with van der Waals surface area (Å²) >= 11 is 0. The van der Waals surface area contributed by atoms with E-state index in [0.717, 1.165) is 30.7 Å². The van der Waals surface area contributed by atoms with E-state index in [2.05, 4.69) is 12.2 Å². The van der Waals surface area contributed by atoms with E-state index < -0.39 is 6.04 Å². The Bertz CT molecular complexity index is 627.